The zero-order valence-corrected chi connectivity index (χ0v) is 11.9. The molecule has 0 atom stereocenters. The number of hydrazone groups is 1. The average Bonchev–Trinajstić information content (AvgIpc) is 2.44. The van der Waals surface area contributed by atoms with Crippen LogP contribution in [0.15, 0.2) is 53.6 Å². The Bertz CT molecular complexity index is 603. The Balaban J connectivity index is 1.85. The van der Waals surface area contributed by atoms with Crippen molar-refractivity contribution in [2.75, 3.05) is 11.1 Å². The lowest BCUT2D eigenvalue weighted by atomic mass is 10.2. The maximum atomic E-state index is 5.61. The fourth-order valence-corrected chi connectivity index (χ4v) is 1.71. The SMILES string of the molecule is Cc1ccc(NC(=S)NN=Cc2ccc(N)cc2)cc1. The summed E-state index contributed by atoms with van der Waals surface area (Å²) in [7, 11) is 0. The van der Waals surface area contributed by atoms with E-state index in [0.717, 1.165) is 16.9 Å². The Morgan fingerprint density at radius 2 is 1.75 bits per heavy atom. The van der Waals surface area contributed by atoms with Gasteiger partial charge in [0.05, 0.1) is 6.21 Å². The predicted molar refractivity (Wildman–Crippen MR) is 89.0 cm³/mol. The van der Waals surface area contributed by atoms with E-state index in [1.165, 1.54) is 5.56 Å². The number of nitrogens with zero attached hydrogens (tertiary/aromatic N) is 1. The van der Waals surface area contributed by atoms with Gasteiger partial charge < -0.3 is 11.1 Å². The van der Waals surface area contributed by atoms with E-state index in [9.17, 15) is 0 Å². The van der Waals surface area contributed by atoms with Gasteiger partial charge in [-0.05, 0) is 49.0 Å². The van der Waals surface area contributed by atoms with Gasteiger partial charge in [0, 0.05) is 11.4 Å². The second kappa shape index (κ2) is 6.68. The van der Waals surface area contributed by atoms with Gasteiger partial charge in [0.25, 0.3) is 0 Å². The molecule has 0 aliphatic rings. The summed E-state index contributed by atoms with van der Waals surface area (Å²) < 4.78 is 0. The van der Waals surface area contributed by atoms with Gasteiger partial charge >= 0.3 is 0 Å². The molecule has 0 heterocycles. The van der Waals surface area contributed by atoms with Crippen molar-refractivity contribution in [3.05, 3.63) is 59.7 Å². The molecule has 2 aromatic carbocycles. The molecular formula is C15H16N4S. The Kier molecular flexibility index (Phi) is 4.68. The van der Waals surface area contributed by atoms with Crippen LogP contribution in [0.25, 0.3) is 0 Å². The van der Waals surface area contributed by atoms with E-state index in [1.807, 2.05) is 55.5 Å². The summed E-state index contributed by atoms with van der Waals surface area (Å²) in [6.07, 6.45) is 1.68. The van der Waals surface area contributed by atoms with Gasteiger partial charge in [-0.15, -0.1) is 0 Å². The third-order valence-corrected chi connectivity index (χ3v) is 2.82. The molecule has 0 aliphatic carbocycles. The molecule has 0 aromatic heterocycles. The van der Waals surface area contributed by atoms with Gasteiger partial charge in [-0.25, -0.2) is 0 Å². The molecule has 0 bridgehead atoms. The summed E-state index contributed by atoms with van der Waals surface area (Å²) in [6, 6.07) is 15.4. The van der Waals surface area contributed by atoms with Gasteiger partial charge in [0.15, 0.2) is 5.11 Å². The van der Waals surface area contributed by atoms with Crippen molar-refractivity contribution in [3.8, 4) is 0 Å². The number of hydrogen-bond acceptors (Lipinski definition) is 3. The van der Waals surface area contributed by atoms with E-state index < -0.39 is 0 Å². The maximum Gasteiger partial charge on any atom is 0.191 e. The largest absolute Gasteiger partial charge is 0.399 e. The second-order valence-electron chi connectivity index (χ2n) is 4.36. The molecule has 0 unspecified atom stereocenters. The van der Waals surface area contributed by atoms with Crippen molar-refractivity contribution < 1.29 is 0 Å². The lowest BCUT2D eigenvalue weighted by Gasteiger charge is -2.06. The highest BCUT2D eigenvalue weighted by atomic mass is 32.1. The van der Waals surface area contributed by atoms with Crippen LogP contribution in [-0.4, -0.2) is 11.3 Å². The normalized spacial score (nSPS) is 10.4. The number of anilines is 2. The quantitative estimate of drug-likeness (QED) is 0.351. The van der Waals surface area contributed by atoms with Crippen LogP contribution in [0.1, 0.15) is 11.1 Å². The van der Waals surface area contributed by atoms with E-state index in [0.29, 0.717) is 5.11 Å². The topological polar surface area (TPSA) is 62.4 Å². The molecule has 2 aromatic rings. The molecule has 5 heteroatoms. The Morgan fingerprint density at radius 3 is 2.40 bits per heavy atom. The highest BCUT2D eigenvalue weighted by Crippen LogP contribution is 2.08. The molecule has 102 valence electrons. The predicted octanol–water partition coefficient (Wildman–Crippen LogP) is 2.90. The number of nitrogen functional groups attached to an aromatic ring is 1. The van der Waals surface area contributed by atoms with Crippen LogP contribution in [-0.2, 0) is 0 Å². The first-order valence-corrected chi connectivity index (χ1v) is 6.56. The lowest BCUT2D eigenvalue weighted by molar-refractivity contribution is 1.05. The molecule has 4 nitrogen and oxygen atoms in total. The summed E-state index contributed by atoms with van der Waals surface area (Å²) >= 11 is 5.15. The Morgan fingerprint density at radius 1 is 1.10 bits per heavy atom. The van der Waals surface area contributed by atoms with Crippen molar-refractivity contribution in [3.63, 3.8) is 0 Å². The van der Waals surface area contributed by atoms with Crippen molar-refractivity contribution in [2.45, 2.75) is 6.92 Å². The second-order valence-corrected chi connectivity index (χ2v) is 4.77. The molecule has 20 heavy (non-hydrogen) atoms. The summed E-state index contributed by atoms with van der Waals surface area (Å²) in [5.74, 6) is 0. The number of thiocarbonyl (C=S) groups is 1. The minimum atomic E-state index is 0.445. The standard InChI is InChI=1S/C15H16N4S/c1-11-2-8-14(9-3-11)18-15(20)19-17-10-12-4-6-13(16)7-5-12/h2-10H,16H2,1H3,(H2,18,19,20). The van der Waals surface area contributed by atoms with Crippen LogP contribution in [0.2, 0.25) is 0 Å². The molecule has 0 fully saturated rings. The molecule has 0 aliphatic heterocycles. The molecule has 2 rings (SSSR count). The first-order valence-electron chi connectivity index (χ1n) is 6.16. The monoisotopic (exact) mass is 284 g/mol. The van der Waals surface area contributed by atoms with Crippen LogP contribution in [0.3, 0.4) is 0 Å². The number of rotatable bonds is 3. The zero-order chi connectivity index (χ0) is 14.4. The molecule has 0 saturated carbocycles. The molecule has 4 N–H and O–H groups in total. The number of benzene rings is 2. The van der Waals surface area contributed by atoms with Crippen LogP contribution in [0.5, 0.6) is 0 Å². The first-order chi connectivity index (χ1) is 9.63. The Hall–Kier alpha value is -2.40. The number of nitrogens with one attached hydrogen (secondary N) is 2. The molecule has 0 saturated heterocycles. The molecule has 0 spiro atoms. The van der Waals surface area contributed by atoms with E-state index in [2.05, 4.69) is 15.8 Å². The number of aryl methyl sites for hydroxylation is 1. The van der Waals surface area contributed by atoms with Crippen molar-refractivity contribution in [1.82, 2.24) is 5.43 Å². The lowest BCUT2D eigenvalue weighted by Crippen LogP contribution is -2.23. The highest BCUT2D eigenvalue weighted by molar-refractivity contribution is 7.80. The number of hydrogen-bond donors (Lipinski definition) is 3. The molecule has 0 radical (unpaired) electrons. The summed E-state index contributed by atoms with van der Waals surface area (Å²) in [5, 5.41) is 7.56. The average molecular weight is 284 g/mol. The van der Waals surface area contributed by atoms with Gasteiger partial charge in [-0.3, -0.25) is 5.43 Å². The fourth-order valence-electron chi connectivity index (χ4n) is 1.54. The smallest absolute Gasteiger partial charge is 0.191 e. The first kappa shape index (κ1) is 14.0. The third-order valence-electron chi connectivity index (χ3n) is 2.63. The third kappa shape index (κ3) is 4.37. The minimum absolute atomic E-state index is 0.445. The van der Waals surface area contributed by atoms with Crippen molar-refractivity contribution in [2.24, 2.45) is 5.10 Å². The van der Waals surface area contributed by atoms with Crippen molar-refractivity contribution in [1.29, 1.82) is 0 Å². The van der Waals surface area contributed by atoms with Crippen molar-refractivity contribution >= 4 is 34.9 Å². The van der Waals surface area contributed by atoms with Crippen LogP contribution < -0.4 is 16.5 Å². The van der Waals surface area contributed by atoms with Crippen LogP contribution >= 0.6 is 12.2 Å². The Labute approximate surface area is 123 Å². The molecular weight excluding hydrogens is 268 g/mol. The van der Waals surface area contributed by atoms with Gasteiger partial charge in [0.2, 0.25) is 0 Å². The minimum Gasteiger partial charge on any atom is -0.399 e. The van der Waals surface area contributed by atoms with E-state index in [4.69, 9.17) is 18.0 Å². The van der Waals surface area contributed by atoms with Crippen LogP contribution in [0, 0.1) is 6.92 Å². The summed E-state index contributed by atoms with van der Waals surface area (Å²) in [5.41, 5.74) is 12.2. The van der Waals surface area contributed by atoms with Gasteiger partial charge in [0.1, 0.15) is 0 Å². The maximum absolute atomic E-state index is 5.61. The van der Waals surface area contributed by atoms with E-state index in [1.54, 1.807) is 6.21 Å². The van der Waals surface area contributed by atoms with E-state index >= 15 is 0 Å². The van der Waals surface area contributed by atoms with E-state index in [-0.39, 0.29) is 0 Å². The summed E-state index contributed by atoms with van der Waals surface area (Å²) in [6.45, 7) is 2.04. The highest BCUT2D eigenvalue weighted by Gasteiger charge is 1.95. The number of nitrogens with two attached hydrogens (primary N) is 1. The fraction of sp³-hybridized carbons (Fsp3) is 0.0667. The zero-order valence-electron chi connectivity index (χ0n) is 11.1. The van der Waals surface area contributed by atoms with Gasteiger partial charge in [-0.2, -0.15) is 5.10 Å². The summed E-state index contributed by atoms with van der Waals surface area (Å²) in [4.78, 5) is 0. The van der Waals surface area contributed by atoms with Gasteiger partial charge in [-0.1, -0.05) is 29.8 Å². The van der Waals surface area contributed by atoms with Crippen LogP contribution in [0.4, 0.5) is 11.4 Å². The molecule has 0 amide bonds.